The Bertz CT molecular complexity index is 221. The molecule has 0 unspecified atom stereocenters. The Kier molecular flexibility index (Phi) is 3.81. The van der Waals surface area contributed by atoms with E-state index in [4.69, 9.17) is 0 Å². The summed E-state index contributed by atoms with van der Waals surface area (Å²) in [5.41, 5.74) is 2.89. The van der Waals surface area contributed by atoms with Crippen LogP contribution in [0.25, 0.3) is 0 Å². The molecular formula is C11H17N. The molecule has 66 valence electrons. The van der Waals surface area contributed by atoms with Gasteiger partial charge in [0.25, 0.3) is 0 Å². The lowest BCUT2D eigenvalue weighted by Gasteiger charge is -2.13. The van der Waals surface area contributed by atoms with Crippen LogP contribution in [0.1, 0.15) is 20.3 Å². The lowest BCUT2D eigenvalue weighted by Crippen LogP contribution is -2.20. The Hall–Kier alpha value is -0.820. The molecule has 0 spiro atoms. The Morgan fingerprint density at radius 2 is 2.42 bits per heavy atom. The summed E-state index contributed by atoms with van der Waals surface area (Å²) in [5, 5.41) is 3.30. The van der Waals surface area contributed by atoms with Gasteiger partial charge in [-0.05, 0) is 38.0 Å². The van der Waals surface area contributed by atoms with Crippen LogP contribution in [0.3, 0.4) is 0 Å². The van der Waals surface area contributed by atoms with Gasteiger partial charge in [0.2, 0.25) is 0 Å². The van der Waals surface area contributed by atoms with Gasteiger partial charge in [0, 0.05) is 6.54 Å². The van der Waals surface area contributed by atoms with Crippen LogP contribution in [0.5, 0.6) is 0 Å². The van der Waals surface area contributed by atoms with Crippen molar-refractivity contribution in [3.05, 3.63) is 35.5 Å². The summed E-state index contributed by atoms with van der Waals surface area (Å²) in [7, 11) is 0. The van der Waals surface area contributed by atoms with Crippen LogP contribution < -0.4 is 5.32 Å². The van der Waals surface area contributed by atoms with Crippen LogP contribution in [-0.2, 0) is 0 Å². The highest BCUT2D eigenvalue weighted by molar-refractivity contribution is 5.33. The summed E-state index contributed by atoms with van der Waals surface area (Å²) in [6, 6.07) is 0. The predicted octanol–water partition coefficient (Wildman–Crippen LogP) is 2.43. The molecule has 1 aliphatic rings. The van der Waals surface area contributed by atoms with E-state index < -0.39 is 0 Å². The molecule has 0 aromatic rings. The molecule has 1 aliphatic heterocycles. The first kappa shape index (κ1) is 9.27. The van der Waals surface area contributed by atoms with E-state index >= 15 is 0 Å². The highest BCUT2D eigenvalue weighted by atomic mass is 14.8. The minimum Gasteiger partial charge on any atom is -0.313 e. The molecule has 1 nitrogen and oxygen atoms in total. The fraction of sp³-hybridized carbons (Fsp3) is 0.455. The van der Waals surface area contributed by atoms with Gasteiger partial charge in [0.1, 0.15) is 0 Å². The van der Waals surface area contributed by atoms with Gasteiger partial charge in [-0.1, -0.05) is 24.3 Å². The first-order valence-corrected chi connectivity index (χ1v) is 4.54. The van der Waals surface area contributed by atoms with Crippen molar-refractivity contribution in [1.82, 2.24) is 5.32 Å². The summed E-state index contributed by atoms with van der Waals surface area (Å²) in [4.78, 5) is 0. The summed E-state index contributed by atoms with van der Waals surface area (Å²) >= 11 is 0. The molecule has 0 saturated carbocycles. The van der Waals surface area contributed by atoms with E-state index in [0.29, 0.717) is 0 Å². The molecule has 0 amide bonds. The van der Waals surface area contributed by atoms with Crippen molar-refractivity contribution in [2.45, 2.75) is 20.3 Å². The van der Waals surface area contributed by atoms with Gasteiger partial charge in [-0.3, -0.25) is 0 Å². The maximum absolute atomic E-state index is 3.30. The smallest absolute Gasteiger partial charge is 0.0140 e. The normalized spacial score (nSPS) is 19.8. The largest absolute Gasteiger partial charge is 0.313 e. The SMILES string of the molecule is C/C=C\C=C(/C)C1=CCNCC1. The van der Waals surface area contributed by atoms with E-state index in [1.807, 2.05) is 6.92 Å². The van der Waals surface area contributed by atoms with E-state index in [0.717, 1.165) is 13.1 Å². The van der Waals surface area contributed by atoms with Crippen LogP contribution in [0, 0.1) is 0 Å². The van der Waals surface area contributed by atoms with Gasteiger partial charge < -0.3 is 5.32 Å². The molecular weight excluding hydrogens is 146 g/mol. The molecule has 0 aliphatic carbocycles. The third kappa shape index (κ3) is 2.67. The molecule has 1 heterocycles. The van der Waals surface area contributed by atoms with E-state index in [9.17, 15) is 0 Å². The van der Waals surface area contributed by atoms with Gasteiger partial charge >= 0.3 is 0 Å². The summed E-state index contributed by atoms with van der Waals surface area (Å²) in [6.45, 7) is 6.36. The predicted molar refractivity (Wildman–Crippen MR) is 54.1 cm³/mol. The number of nitrogens with one attached hydrogen (secondary N) is 1. The van der Waals surface area contributed by atoms with Gasteiger partial charge in [-0.2, -0.15) is 0 Å². The quantitative estimate of drug-likeness (QED) is 0.616. The second-order valence-electron chi connectivity index (χ2n) is 3.06. The van der Waals surface area contributed by atoms with E-state index in [1.54, 1.807) is 0 Å². The zero-order chi connectivity index (χ0) is 8.81. The minimum atomic E-state index is 1.02. The summed E-state index contributed by atoms with van der Waals surface area (Å²) < 4.78 is 0. The van der Waals surface area contributed by atoms with E-state index in [2.05, 4.69) is 36.5 Å². The lowest BCUT2D eigenvalue weighted by atomic mass is 10.0. The van der Waals surface area contributed by atoms with Crippen LogP contribution >= 0.6 is 0 Å². The number of rotatable bonds is 2. The van der Waals surface area contributed by atoms with E-state index in [1.165, 1.54) is 17.6 Å². The average molecular weight is 163 g/mol. The highest BCUT2D eigenvalue weighted by Gasteiger charge is 2.02. The van der Waals surface area contributed by atoms with Crippen molar-refractivity contribution >= 4 is 0 Å². The second kappa shape index (κ2) is 4.94. The van der Waals surface area contributed by atoms with Crippen molar-refractivity contribution in [2.24, 2.45) is 0 Å². The number of hydrogen-bond acceptors (Lipinski definition) is 1. The lowest BCUT2D eigenvalue weighted by molar-refractivity contribution is 0.707. The van der Waals surface area contributed by atoms with Gasteiger partial charge in [-0.25, -0.2) is 0 Å². The van der Waals surface area contributed by atoms with Crippen molar-refractivity contribution in [3.63, 3.8) is 0 Å². The molecule has 0 fully saturated rings. The molecule has 0 saturated heterocycles. The zero-order valence-corrected chi connectivity index (χ0v) is 7.93. The molecule has 1 N–H and O–H groups in total. The van der Waals surface area contributed by atoms with Crippen LogP contribution in [0.15, 0.2) is 35.5 Å². The first-order valence-electron chi connectivity index (χ1n) is 4.54. The second-order valence-corrected chi connectivity index (χ2v) is 3.06. The molecule has 0 aromatic carbocycles. The molecule has 0 bridgehead atoms. The van der Waals surface area contributed by atoms with E-state index in [-0.39, 0.29) is 0 Å². The average Bonchev–Trinajstić information content (AvgIpc) is 2.15. The third-order valence-electron chi connectivity index (χ3n) is 2.11. The van der Waals surface area contributed by atoms with Gasteiger partial charge in [0.15, 0.2) is 0 Å². The summed E-state index contributed by atoms with van der Waals surface area (Å²) in [6.07, 6.45) is 9.78. The number of allylic oxidation sites excluding steroid dienone is 4. The van der Waals surface area contributed by atoms with Crippen molar-refractivity contribution in [1.29, 1.82) is 0 Å². The fourth-order valence-corrected chi connectivity index (χ4v) is 1.33. The Labute approximate surface area is 74.9 Å². The molecule has 1 rings (SSSR count). The standard InChI is InChI=1S/C11H17N/c1-3-4-5-10(2)11-6-8-12-9-7-11/h3-6,12H,7-9H2,1-2H3/b4-3-,10-5+. The monoisotopic (exact) mass is 163 g/mol. The zero-order valence-electron chi connectivity index (χ0n) is 7.93. The molecule has 12 heavy (non-hydrogen) atoms. The molecule has 0 radical (unpaired) electrons. The molecule has 1 heteroatoms. The van der Waals surface area contributed by atoms with Crippen LogP contribution in [-0.4, -0.2) is 13.1 Å². The Morgan fingerprint density at radius 3 is 3.00 bits per heavy atom. The summed E-state index contributed by atoms with van der Waals surface area (Å²) in [5.74, 6) is 0. The highest BCUT2D eigenvalue weighted by Crippen LogP contribution is 2.14. The van der Waals surface area contributed by atoms with Gasteiger partial charge in [-0.15, -0.1) is 0 Å². The topological polar surface area (TPSA) is 12.0 Å². The van der Waals surface area contributed by atoms with Crippen molar-refractivity contribution < 1.29 is 0 Å². The van der Waals surface area contributed by atoms with Gasteiger partial charge in [0.05, 0.1) is 0 Å². The first-order chi connectivity index (χ1) is 5.84. The Morgan fingerprint density at radius 1 is 1.58 bits per heavy atom. The number of hydrogen-bond donors (Lipinski definition) is 1. The van der Waals surface area contributed by atoms with Crippen LogP contribution in [0.2, 0.25) is 0 Å². The third-order valence-corrected chi connectivity index (χ3v) is 2.11. The van der Waals surface area contributed by atoms with Crippen molar-refractivity contribution in [2.75, 3.05) is 13.1 Å². The molecule has 0 atom stereocenters. The minimum absolute atomic E-state index is 1.02. The fourth-order valence-electron chi connectivity index (χ4n) is 1.33. The molecule has 0 aromatic heterocycles. The maximum atomic E-state index is 3.30. The Balaban J connectivity index is 2.61. The van der Waals surface area contributed by atoms with Crippen molar-refractivity contribution in [3.8, 4) is 0 Å². The maximum Gasteiger partial charge on any atom is 0.0140 e. The van der Waals surface area contributed by atoms with Crippen LogP contribution in [0.4, 0.5) is 0 Å².